The Bertz CT molecular complexity index is 400. The number of esters is 3. The summed E-state index contributed by atoms with van der Waals surface area (Å²) in [5.74, 6) is -1.18. The van der Waals surface area contributed by atoms with Crippen molar-refractivity contribution in [1.82, 2.24) is 0 Å². The van der Waals surface area contributed by atoms with Crippen LogP contribution in [0, 0.1) is 11.8 Å². The van der Waals surface area contributed by atoms with Crippen LogP contribution in [0.15, 0.2) is 12.2 Å². The Morgan fingerprint density at radius 3 is 2.10 bits per heavy atom. The third kappa shape index (κ3) is 5.86. The van der Waals surface area contributed by atoms with Gasteiger partial charge < -0.3 is 14.2 Å². The molecule has 0 bridgehead atoms. The molecule has 0 spiro atoms. The number of carbonyl (C=O) groups excluding carboxylic acids is 3. The first-order chi connectivity index (χ1) is 9.38. The van der Waals surface area contributed by atoms with Crippen LogP contribution in [0.5, 0.6) is 0 Å². The van der Waals surface area contributed by atoms with Gasteiger partial charge in [-0.05, 0) is 12.5 Å². The van der Waals surface area contributed by atoms with Crippen LogP contribution in [-0.2, 0) is 28.6 Å². The van der Waals surface area contributed by atoms with Gasteiger partial charge in [0.1, 0.15) is 6.10 Å². The third-order valence-corrected chi connectivity index (χ3v) is 3.01. The van der Waals surface area contributed by atoms with E-state index in [0.29, 0.717) is 6.42 Å². The number of hydrogen-bond donors (Lipinski definition) is 0. The van der Waals surface area contributed by atoms with Gasteiger partial charge in [0.15, 0.2) is 0 Å². The molecule has 6 heteroatoms. The van der Waals surface area contributed by atoms with Crippen molar-refractivity contribution in [3.63, 3.8) is 0 Å². The minimum atomic E-state index is -0.366. The fraction of sp³-hybridized carbons (Fsp3) is 0.643. The zero-order valence-corrected chi connectivity index (χ0v) is 12.0. The molecule has 0 aromatic carbocycles. The van der Waals surface area contributed by atoms with Gasteiger partial charge in [-0.25, -0.2) is 0 Å². The van der Waals surface area contributed by atoms with Gasteiger partial charge in [0.2, 0.25) is 0 Å². The van der Waals surface area contributed by atoms with Crippen LogP contribution in [0.3, 0.4) is 0 Å². The van der Waals surface area contributed by atoms with Crippen molar-refractivity contribution < 1.29 is 28.6 Å². The summed E-state index contributed by atoms with van der Waals surface area (Å²) >= 11 is 0. The summed E-state index contributed by atoms with van der Waals surface area (Å²) in [5.41, 5.74) is 0. The molecule has 0 saturated carbocycles. The van der Waals surface area contributed by atoms with Crippen LogP contribution in [0.25, 0.3) is 0 Å². The molecule has 0 aliphatic heterocycles. The molecule has 0 amide bonds. The highest BCUT2D eigenvalue weighted by Gasteiger charge is 2.29. The predicted octanol–water partition coefficient (Wildman–Crippen LogP) is 1.24. The molecule has 112 valence electrons. The maximum Gasteiger partial charge on any atom is 0.303 e. The lowest BCUT2D eigenvalue weighted by Crippen LogP contribution is -2.32. The quantitative estimate of drug-likeness (QED) is 0.429. The van der Waals surface area contributed by atoms with E-state index in [1.54, 1.807) is 6.08 Å². The lowest BCUT2D eigenvalue weighted by Gasteiger charge is -2.30. The molecule has 1 aliphatic rings. The van der Waals surface area contributed by atoms with Gasteiger partial charge in [-0.1, -0.05) is 6.08 Å². The predicted molar refractivity (Wildman–Crippen MR) is 69.6 cm³/mol. The van der Waals surface area contributed by atoms with E-state index in [1.165, 1.54) is 20.8 Å². The van der Waals surface area contributed by atoms with Crippen molar-refractivity contribution in [2.75, 3.05) is 13.2 Å². The van der Waals surface area contributed by atoms with Crippen molar-refractivity contribution in [1.29, 1.82) is 0 Å². The fourth-order valence-electron chi connectivity index (χ4n) is 2.10. The van der Waals surface area contributed by atoms with Gasteiger partial charge in [-0.2, -0.15) is 0 Å². The van der Waals surface area contributed by atoms with Gasteiger partial charge >= 0.3 is 17.9 Å². The van der Waals surface area contributed by atoms with E-state index in [4.69, 9.17) is 14.2 Å². The standard InChI is InChI=1S/C14H20O6/c1-9(15)18-7-12-4-5-14(20-11(3)17)6-13(12)8-19-10(2)16/h4-5,12-14H,6-8H2,1-3H3/t12-,13+,14+/m0/s1. The average molecular weight is 284 g/mol. The fourth-order valence-corrected chi connectivity index (χ4v) is 2.10. The number of carbonyl (C=O) groups is 3. The highest BCUT2D eigenvalue weighted by atomic mass is 16.5. The van der Waals surface area contributed by atoms with E-state index in [1.807, 2.05) is 6.08 Å². The average Bonchev–Trinajstić information content (AvgIpc) is 2.34. The summed E-state index contributed by atoms with van der Waals surface area (Å²) in [5, 5.41) is 0. The molecule has 0 aromatic heterocycles. The first-order valence-corrected chi connectivity index (χ1v) is 6.50. The Hall–Kier alpha value is -1.85. The third-order valence-electron chi connectivity index (χ3n) is 3.01. The Kier molecular flexibility index (Phi) is 6.21. The summed E-state index contributed by atoms with van der Waals surface area (Å²) in [6.45, 7) is 4.46. The lowest BCUT2D eigenvalue weighted by molar-refractivity contribution is -0.149. The number of ether oxygens (including phenoxy) is 3. The van der Waals surface area contributed by atoms with Gasteiger partial charge in [0.05, 0.1) is 13.2 Å². The van der Waals surface area contributed by atoms with E-state index < -0.39 is 0 Å². The van der Waals surface area contributed by atoms with Crippen molar-refractivity contribution >= 4 is 17.9 Å². The first-order valence-electron chi connectivity index (χ1n) is 6.50. The second kappa shape index (κ2) is 7.67. The number of hydrogen-bond acceptors (Lipinski definition) is 6. The highest BCUT2D eigenvalue weighted by molar-refractivity contribution is 5.67. The van der Waals surface area contributed by atoms with E-state index in [2.05, 4.69) is 0 Å². The molecule has 0 heterocycles. The Morgan fingerprint density at radius 1 is 0.950 bits per heavy atom. The first kappa shape index (κ1) is 16.2. The van der Waals surface area contributed by atoms with Crippen LogP contribution in [0.1, 0.15) is 27.2 Å². The largest absolute Gasteiger partial charge is 0.466 e. The van der Waals surface area contributed by atoms with Crippen molar-refractivity contribution in [3.05, 3.63) is 12.2 Å². The van der Waals surface area contributed by atoms with E-state index in [-0.39, 0.29) is 49.1 Å². The Labute approximate surface area is 118 Å². The Balaban J connectivity index is 2.64. The van der Waals surface area contributed by atoms with Crippen molar-refractivity contribution in [2.45, 2.75) is 33.3 Å². The van der Waals surface area contributed by atoms with Crippen LogP contribution >= 0.6 is 0 Å². The lowest BCUT2D eigenvalue weighted by atomic mass is 9.83. The van der Waals surface area contributed by atoms with Crippen molar-refractivity contribution in [3.8, 4) is 0 Å². The summed E-state index contributed by atoms with van der Waals surface area (Å²) in [7, 11) is 0. The van der Waals surface area contributed by atoms with E-state index in [9.17, 15) is 14.4 Å². The van der Waals surface area contributed by atoms with Gasteiger partial charge in [-0.3, -0.25) is 14.4 Å². The zero-order valence-electron chi connectivity index (χ0n) is 12.0. The highest BCUT2D eigenvalue weighted by Crippen LogP contribution is 2.27. The summed E-state index contributed by atoms with van der Waals surface area (Å²) in [6, 6.07) is 0. The van der Waals surface area contributed by atoms with Crippen LogP contribution in [0.4, 0.5) is 0 Å². The molecule has 0 saturated heterocycles. The van der Waals surface area contributed by atoms with E-state index >= 15 is 0 Å². The molecule has 0 radical (unpaired) electrons. The molecule has 20 heavy (non-hydrogen) atoms. The molecule has 1 aliphatic carbocycles. The van der Waals surface area contributed by atoms with Crippen LogP contribution in [0.2, 0.25) is 0 Å². The van der Waals surface area contributed by atoms with Gasteiger partial charge in [0.25, 0.3) is 0 Å². The maximum absolute atomic E-state index is 11.0. The molecule has 1 rings (SSSR count). The molecule has 0 unspecified atom stereocenters. The number of rotatable bonds is 5. The van der Waals surface area contributed by atoms with Crippen LogP contribution in [-0.4, -0.2) is 37.2 Å². The van der Waals surface area contributed by atoms with Gasteiger partial charge in [0, 0.05) is 32.6 Å². The molecule has 0 fully saturated rings. The molecule has 3 atom stereocenters. The molecular weight excluding hydrogens is 264 g/mol. The minimum Gasteiger partial charge on any atom is -0.466 e. The molecular formula is C14H20O6. The molecule has 0 aromatic rings. The monoisotopic (exact) mass is 284 g/mol. The normalized spacial score (nSPS) is 24.9. The smallest absolute Gasteiger partial charge is 0.303 e. The second-order valence-electron chi connectivity index (χ2n) is 4.80. The molecule has 6 nitrogen and oxygen atoms in total. The summed E-state index contributed by atoms with van der Waals surface area (Å²) < 4.78 is 15.1. The second-order valence-corrected chi connectivity index (χ2v) is 4.80. The van der Waals surface area contributed by atoms with Crippen molar-refractivity contribution in [2.24, 2.45) is 11.8 Å². The Morgan fingerprint density at radius 2 is 1.55 bits per heavy atom. The summed E-state index contributed by atoms with van der Waals surface area (Å²) in [6.07, 6.45) is 3.82. The van der Waals surface area contributed by atoms with E-state index in [0.717, 1.165) is 0 Å². The zero-order chi connectivity index (χ0) is 15.1. The van der Waals surface area contributed by atoms with Gasteiger partial charge in [-0.15, -0.1) is 0 Å². The summed E-state index contributed by atoms with van der Waals surface area (Å²) in [4.78, 5) is 32.7. The molecule has 0 N–H and O–H groups in total. The van der Waals surface area contributed by atoms with Crippen LogP contribution < -0.4 is 0 Å². The maximum atomic E-state index is 11.0. The topological polar surface area (TPSA) is 78.9 Å². The minimum absolute atomic E-state index is 0.0485. The SMILES string of the molecule is CC(=O)OC[C@H]1C[C@H](OC(C)=O)C=C[C@H]1COC(C)=O.